The Bertz CT molecular complexity index is 688. The standard InChI is InChI=1S/C15H11NO/c1-2-7-13-11(5-1)15-12-6-3-4-9-16(12)10-8-14(15)17-13/h1-8,10H,9H2. The second-order valence-electron chi connectivity index (χ2n) is 4.29. The van der Waals surface area contributed by atoms with Crippen molar-refractivity contribution in [2.75, 3.05) is 6.54 Å². The summed E-state index contributed by atoms with van der Waals surface area (Å²) in [5.41, 5.74) is 3.40. The Morgan fingerprint density at radius 3 is 3.12 bits per heavy atom. The molecule has 3 heterocycles. The van der Waals surface area contributed by atoms with E-state index >= 15 is 0 Å². The van der Waals surface area contributed by atoms with Crippen LogP contribution in [-0.2, 0) is 0 Å². The van der Waals surface area contributed by atoms with Crippen LogP contribution in [0.1, 0.15) is 11.3 Å². The molecule has 0 atom stereocenters. The predicted octanol–water partition coefficient (Wildman–Crippen LogP) is 3.63. The molecule has 1 aromatic carbocycles. The monoisotopic (exact) mass is 221 g/mol. The Balaban J connectivity index is 2.09. The fourth-order valence-corrected chi connectivity index (χ4v) is 2.50. The minimum Gasteiger partial charge on any atom is -0.456 e. The number of rotatable bonds is 0. The van der Waals surface area contributed by atoms with Gasteiger partial charge in [0.05, 0.1) is 11.3 Å². The Labute approximate surface area is 99.1 Å². The highest BCUT2D eigenvalue weighted by Gasteiger charge is 2.23. The van der Waals surface area contributed by atoms with Gasteiger partial charge in [0.2, 0.25) is 0 Å². The topological polar surface area (TPSA) is 16.4 Å². The van der Waals surface area contributed by atoms with E-state index in [9.17, 15) is 0 Å². The molecule has 0 bridgehead atoms. The first-order valence-corrected chi connectivity index (χ1v) is 5.77. The van der Waals surface area contributed by atoms with Gasteiger partial charge in [0.25, 0.3) is 0 Å². The zero-order chi connectivity index (χ0) is 11.2. The average Bonchev–Trinajstić information content (AvgIpc) is 2.77. The zero-order valence-electron chi connectivity index (χ0n) is 9.26. The summed E-state index contributed by atoms with van der Waals surface area (Å²) in [6, 6.07) is 8.20. The third kappa shape index (κ3) is 1.15. The molecule has 0 aliphatic carbocycles. The molecule has 2 aliphatic heterocycles. The molecule has 0 radical (unpaired) electrons. The molecule has 2 nitrogen and oxygen atoms in total. The molecule has 17 heavy (non-hydrogen) atoms. The number of hydrogen-bond acceptors (Lipinski definition) is 2. The minimum atomic E-state index is 0.932. The van der Waals surface area contributed by atoms with E-state index in [1.54, 1.807) is 0 Å². The molecule has 4 rings (SSSR count). The van der Waals surface area contributed by atoms with Crippen LogP contribution in [-0.4, -0.2) is 11.4 Å². The van der Waals surface area contributed by atoms with Crippen LogP contribution < -0.4 is 0 Å². The molecule has 0 fully saturated rings. The number of fused-ring (bicyclic) bond motifs is 5. The van der Waals surface area contributed by atoms with Gasteiger partial charge in [0.1, 0.15) is 11.3 Å². The molecule has 0 saturated carbocycles. The number of benzene rings is 1. The van der Waals surface area contributed by atoms with E-state index in [1.807, 2.05) is 18.2 Å². The molecule has 2 heteroatoms. The molecular formula is C15H11NO. The number of para-hydroxylation sites is 1. The second-order valence-corrected chi connectivity index (χ2v) is 4.29. The van der Waals surface area contributed by atoms with Crippen molar-refractivity contribution in [1.82, 2.24) is 4.90 Å². The molecule has 1 aromatic heterocycles. The zero-order valence-corrected chi connectivity index (χ0v) is 9.26. The maximum absolute atomic E-state index is 5.86. The van der Waals surface area contributed by atoms with Gasteiger partial charge in [-0.05, 0) is 18.2 Å². The molecule has 0 amide bonds. The quantitative estimate of drug-likeness (QED) is 0.675. The third-order valence-corrected chi connectivity index (χ3v) is 3.29. The summed E-state index contributed by atoms with van der Waals surface area (Å²) in [5.74, 6) is 0.962. The molecule has 2 aliphatic rings. The van der Waals surface area contributed by atoms with Crippen molar-refractivity contribution in [2.45, 2.75) is 0 Å². The molecule has 0 N–H and O–H groups in total. The van der Waals surface area contributed by atoms with Gasteiger partial charge < -0.3 is 9.32 Å². The smallest absolute Gasteiger partial charge is 0.138 e. The van der Waals surface area contributed by atoms with Crippen LogP contribution in [0.2, 0.25) is 0 Å². The fraction of sp³-hybridized carbons (Fsp3) is 0.0667. The van der Waals surface area contributed by atoms with Crippen LogP contribution >= 0.6 is 0 Å². The van der Waals surface area contributed by atoms with Crippen molar-refractivity contribution in [3.8, 4) is 0 Å². The molecular weight excluding hydrogens is 210 g/mol. The van der Waals surface area contributed by atoms with Crippen molar-refractivity contribution in [3.05, 3.63) is 60.0 Å². The summed E-state index contributed by atoms with van der Waals surface area (Å²) < 4.78 is 5.86. The number of hydrogen-bond donors (Lipinski definition) is 0. The van der Waals surface area contributed by atoms with Crippen LogP contribution in [0.4, 0.5) is 0 Å². The average molecular weight is 221 g/mol. The fourth-order valence-electron chi connectivity index (χ4n) is 2.50. The van der Waals surface area contributed by atoms with Crippen LogP contribution in [0.25, 0.3) is 22.7 Å². The SMILES string of the molecule is C1=CCN2C=Cc3oc4ccccc4c3C2=C1. The highest BCUT2D eigenvalue weighted by atomic mass is 16.3. The van der Waals surface area contributed by atoms with Gasteiger partial charge in [-0.25, -0.2) is 0 Å². The van der Waals surface area contributed by atoms with Gasteiger partial charge in [-0.15, -0.1) is 0 Å². The maximum Gasteiger partial charge on any atom is 0.138 e. The predicted molar refractivity (Wildman–Crippen MR) is 69.1 cm³/mol. The molecule has 0 spiro atoms. The van der Waals surface area contributed by atoms with Crippen LogP contribution in [0.15, 0.2) is 53.1 Å². The van der Waals surface area contributed by atoms with Gasteiger partial charge in [-0.1, -0.05) is 30.4 Å². The van der Waals surface area contributed by atoms with E-state index in [-0.39, 0.29) is 0 Å². The molecule has 2 aromatic rings. The third-order valence-electron chi connectivity index (χ3n) is 3.29. The lowest BCUT2D eigenvalue weighted by atomic mass is 10.0. The van der Waals surface area contributed by atoms with Crippen LogP contribution in [0.3, 0.4) is 0 Å². The lowest BCUT2D eigenvalue weighted by Gasteiger charge is -2.27. The molecule has 0 saturated heterocycles. The summed E-state index contributed by atoms with van der Waals surface area (Å²) in [6.07, 6.45) is 10.5. The summed E-state index contributed by atoms with van der Waals surface area (Å²) in [4.78, 5) is 2.24. The first-order chi connectivity index (χ1) is 8.43. The summed E-state index contributed by atoms with van der Waals surface area (Å²) in [5, 5.41) is 1.19. The lowest BCUT2D eigenvalue weighted by molar-refractivity contribution is 0.561. The largest absolute Gasteiger partial charge is 0.456 e. The van der Waals surface area contributed by atoms with Crippen molar-refractivity contribution in [2.24, 2.45) is 0 Å². The number of furan rings is 1. The summed E-state index contributed by atoms with van der Waals surface area (Å²) in [6.45, 7) is 0.932. The maximum atomic E-state index is 5.86. The normalized spacial score (nSPS) is 16.9. The Morgan fingerprint density at radius 2 is 2.12 bits per heavy atom. The second kappa shape index (κ2) is 3.14. The first-order valence-electron chi connectivity index (χ1n) is 5.77. The van der Waals surface area contributed by atoms with Gasteiger partial charge in [0.15, 0.2) is 0 Å². The van der Waals surface area contributed by atoms with Crippen LogP contribution in [0, 0.1) is 0 Å². The molecule has 0 unspecified atom stereocenters. The Morgan fingerprint density at radius 1 is 1.18 bits per heavy atom. The highest BCUT2D eigenvalue weighted by Crippen LogP contribution is 2.38. The van der Waals surface area contributed by atoms with Gasteiger partial charge in [0, 0.05) is 18.1 Å². The highest BCUT2D eigenvalue weighted by molar-refractivity contribution is 5.96. The van der Waals surface area contributed by atoms with Crippen molar-refractivity contribution < 1.29 is 4.42 Å². The summed E-state index contributed by atoms with van der Waals surface area (Å²) in [7, 11) is 0. The lowest BCUT2D eigenvalue weighted by Crippen LogP contribution is -2.20. The van der Waals surface area contributed by atoms with Gasteiger partial charge in [-0.3, -0.25) is 0 Å². The number of nitrogens with zero attached hydrogens (tertiary/aromatic N) is 1. The van der Waals surface area contributed by atoms with Crippen LogP contribution in [0.5, 0.6) is 0 Å². The Hall–Kier alpha value is -2.22. The van der Waals surface area contributed by atoms with Gasteiger partial charge >= 0.3 is 0 Å². The van der Waals surface area contributed by atoms with Crippen molar-refractivity contribution in [3.63, 3.8) is 0 Å². The minimum absolute atomic E-state index is 0.932. The summed E-state index contributed by atoms with van der Waals surface area (Å²) >= 11 is 0. The number of allylic oxidation sites excluding steroid dienone is 2. The van der Waals surface area contributed by atoms with E-state index in [0.29, 0.717) is 0 Å². The van der Waals surface area contributed by atoms with Crippen molar-refractivity contribution in [1.29, 1.82) is 0 Å². The first kappa shape index (κ1) is 8.88. The van der Waals surface area contributed by atoms with E-state index in [2.05, 4.69) is 41.5 Å². The van der Waals surface area contributed by atoms with E-state index in [0.717, 1.165) is 17.9 Å². The molecule has 82 valence electrons. The Kier molecular flexibility index (Phi) is 1.64. The van der Waals surface area contributed by atoms with Gasteiger partial charge in [-0.2, -0.15) is 0 Å². The van der Waals surface area contributed by atoms with Crippen molar-refractivity contribution >= 4 is 22.7 Å². The van der Waals surface area contributed by atoms with E-state index in [1.165, 1.54) is 16.6 Å². The van der Waals surface area contributed by atoms with E-state index in [4.69, 9.17) is 4.42 Å². The van der Waals surface area contributed by atoms with E-state index < -0.39 is 0 Å².